The van der Waals surface area contributed by atoms with Crippen molar-refractivity contribution in [3.63, 3.8) is 0 Å². The number of carbonyl (C=O) groups is 1. The molecule has 0 bridgehead atoms. The zero-order valence-electron chi connectivity index (χ0n) is 10.1. The van der Waals surface area contributed by atoms with E-state index >= 15 is 0 Å². The molecule has 0 aliphatic rings. The van der Waals surface area contributed by atoms with Crippen LogP contribution in [0.25, 0.3) is 0 Å². The largest absolute Gasteiger partial charge is 0.461 e. The molecule has 0 heterocycles. The summed E-state index contributed by atoms with van der Waals surface area (Å²) >= 11 is 0. The van der Waals surface area contributed by atoms with E-state index in [0.717, 1.165) is 11.3 Å². The maximum atomic E-state index is 10.8. The topological polar surface area (TPSA) is 35.5 Å². The van der Waals surface area contributed by atoms with Crippen LogP contribution in [-0.2, 0) is 16.1 Å². The molecule has 0 N–H and O–H groups in total. The SMILES string of the molecule is CC(=O)OCc1ccccc1Oc1ccccc1. The molecule has 18 heavy (non-hydrogen) atoms. The third-order valence-electron chi connectivity index (χ3n) is 2.37. The van der Waals surface area contributed by atoms with Crippen molar-refractivity contribution >= 4 is 5.97 Å². The number of carbonyl (C=O) groups excluding carboxylic acids is 1. The van der Waals surface area contributed by atoms with Crippen molar-refractivity contribution in [2.75, 3.05) is 0 Å². The summed E-state index contributed by atoms with van der Waals surface area (Å²) in [6.45, 7) is 1.61. The molecular formula is C15H14O3. The Balaban J connectivity index is 2.14. The van der Waals surface area contributed by atoms with E-state index < -0.39 is 0 Å². The van der Waals surface area contributed by atoms with Gasteiger partial charge >= 0.3 is 5.97 Å². The van der Waals surface area contributed by atoms with Gasteiger partial charge in [-0.15, -0.1) is 0 Å². The molecule has 3 heteroatoms. The van der Waals surface area contributed by atoms with E-state index in [1.165, 1.54) is 6.92 Å². The lowest BCUT2D eigenvalue weighted by molar-refractivity contribution is -0.142. The molecule has 0 aliphatic carbocycles. The average Bonchev–Trinajstić information content (AvgIpc) is 2.39. The van der Waals surface area contributed by atoms with Crippen LogP contribution in [0.1, 0.15) is 12.5 Å². The molecular weight excluding hydrogens is 228 g/mol. The number of esters is 1. The first-order valence-electron chi connectivity index (χ1n) is 5.70. The minimum Gasteiger partial charge on any atom is -0.461 e. The molecule has 2 aromatic rings. The van der Waals surface area contributed by atoms with Crippen molar-refractivity contribution < 1.29 is 14.3 Å². The van der Waals surface area contributed by atoms with E-state index in [1.54, 1.807) is 0 Å². The average molecular weight is 242 g/mol. The molecule has 0 spiro atoms. The van der Waals surface area contributed by atoms with Crippen LogP contribution in [0.5, 0.6) is 11.5 Å². The maximum Gasteiger partial charge on any atom is 0.302 e. The Morgan fingerprint density at radius 1 is 1.00 bits per heavy atom. The van der Waals surface area contributed by atoms with Gasteiger partial charge in [0, 0.05) is 12.5 Å². The lowest BCUT2D eigenvalue weighted by Gasteiger charge is -2.10. The highest BCUT2D eigenvalue weighted by atomic mass is 16.5. The fourth-order valence-electron chi connectivity index (χ4n) is 1.52. The summed E-state index contributed by atoms with van der Waals surface area (Å²) in [6.07, 6.45) is 0. The number of para-hydroxylation sites is 2. The summed E-state index contributed by atoms with van der Waals surface area (Å²) in [5.74, 6) is 1.15. The Morgan fingerprint density at radius 2 is 1.67 bits per heavy atom. The second-order valence-electron chi connectivity index (χ2n) is 3.80. The molecule has 92 valence electrons. The van der Waals surface area contributed by atoms with Gasteiger partial charge in [-0.25, -0.2) is 0 Å². The molecule has 0 aromatic heterocycles. The van der Waals surface area contributed by atoms with Crippen molar-refractivity contribution in [2.45, 2.75) is 13.5 Å². The molecule has 0 atom stereocenters. The monoisotopic (exact) mass is 242 g/mol. The minimum atomic E-state index is -0.301. The van der Waals surface area contributed by atoms with E-state index in [-0.39, 0.29) is 12.6 Å². The van der Waals surface area contributed by atoms with Gasteiger partial charge in [0.05, 0.1) is 0 Å². The van der Waals surface area contributed by atoms with Crippen LogP contribution in [0.2, 0.25) is 0 Å². The van der Waals surface area contributed by atoms with Crippen molar-refractivity contribution in [3.05, 3.63) is 60.2 Å². The van der Waals surface area contributed by atoms with Gasteiger partial charge in [0.15, 0.2) is 0 Å². The number of ether oxygens (including phenoxy) is 2. The molecule has 0 aliphatic heterocycles. The lowest BCUT2D eigenvalue weighted by Crippen LogP contribution is -2.00. The first-order chi connectivity index (χ1) is 8.75. The Bertz CT molecular complexity index is 520. The lowest BCUT2D eigenvalue weighted by atomic mass is 10.2. The van der Waals surface area contributed by atoms with Crippen molar-refractivity contribution in [1.82, 2.24) is 0 Å². The number of hydrogen-bond acceptors (Lipinski definition) is 3. The van der Waals surface area contributed by atoms with Crippen LogP contribution in [0.15, 0.2) is 54.6 Å². The van der Waals surface area contributed by atoms with Gasteiger partial charge < -0.3 is 9.47 Å². The predicted molar refractivity (Wildman–Crippen MR) is 68.4 cm³/mol. The van der Waals surface area contributed by atoms with Crippen LogP contribution < -0.4 is 4.74 Å². The predicted octanol–water partition coefficient (Wildman–Crippen LogP) is 3.54. The van der Waals surface area contributed by atoms with E-state index in [1.807, 2.05) is 54.6 Å². The van der Waals surface area contributed by atoms with Crippen LogP contribution in [0.3, 0.4) is 0 Å². The third kappa shape index (κ3) is 3.35. The number of rotatable bonds is 4. The number of hydrogen-bond donors (Lipinski definition) is 0. The molecule has 0 saturated heterocycles. The van der Waals surface area contributed by atoms with Crippen LogP contribution in [0, 0.1) is 0 Å². The van der Waals surface area contributed by atoms with Crippen molar-refractivity contribution in [1.29, 1.82) is 0 Å². The summed E-state index contributed by atoms with van der Waals surface area (Å²) in [4.78, 5) is 10.8. The van der Waals surface area contributed by atoms with Gasteiger partial charge in [-0.3, -0.25) is 4.79 Å². The molecule has 0 unspecified atom stereocenters. The summed E-state index contributed by atoms with van der Waals surface area (Å²) < 4.78 is 10.7. The molecule has 2 aromatic carbocycles. The third-order valence-corrected chi connectivity index (χ3v) is 2.37. The van der Waals surface area contributed by atoms with E-state index in [9.17, 15) is 4.79 Å². The highest BCUT2D eigenvalue weighted by molar-refractivity contribution is 5.66. The van der Waals surface area contributed by atoms with Gasteiger partial charge in [0.25, 0.3) is 0 Å². The Morgan fingerprint density at radius 3 is 2.39 bits per heavy atom. The van der Waals surface area contributed by atoms with Gasteiger partial charge in [-0.2, -0.15) is 0 Å². The van der Waals surface area contributed by atoms with E-state index in [4.69, 9.17) is 9.47 Å². The first-order valence-corrected chi connectivity index (χ1v) is 5.70. The number of benzene rings is 2. The molecule has 0 saturated carbocycles. The van der Waals surface area contributed by atoms with Crippen molar-refractivity contribution in [3.8, 4) is 11.5 Å². The van der Waals surface area contributed by atoms with Crippen LogP contribution in [0.4, 0.5) is 0 Å². The maximum absolute atomic E-state index is 10.8. The molecule has 3 nitrogen and oxygen atoms in total. The smallest absolute Gasteiger partial charge is 0.302 e. The summed E-state index contributed by atoms with van der Waals surface area (Å²) in [7, 11) is 0. The Labute approximate surface area is 106 Å². The quantitative estimate of drug-likeness (QED) is 0.769. The molecule has 0 fully saturated rings. The fraction of sp³-hybridized carbons (Fsp3) is 0.133. The molecule has 0 radical (unpaired) electrons. The fourth-order valence-corrected chi connectivity index (χ4v) is 1.52. The second-order valence-corrected chi connectivity index (χ2v) is 3.80. The first kappa shape index (κ1) is 12.2. The second kappa shape index (κ2) is 5.87. The van der Waals surface area contributed by atoms with Crippen LogP contribution in [-0.4, -0.2) is 5.97 Å². The zero-order valence-corrected chi connectivity index (χ0v) is 10.1. The summed E-state index contributed by atoms with van der Waals surface area (Å²) in [5.41, 5.74) is 0.844. The van der Waals surface area contributed by atoms with Gasteiger partial charge in [-0.05, 0) is 18.2 Å². The van der Waals surface area contributed by atoms with E-state index in [2.05, 4.69) is 0 Å². The van der Waals surface area contributed by atoms with Gasteiger partial charge in [0.2, 0.25) is 0 Å². The molecule has 0 amide bonds. The van der Waals surface area contributed by atoms with Gasteiger partial charge in [-0.1, -0.05) is 36.4 Å². The zero-order chi connectivity index (χ0) is 12.8. The highest BCUT2D eigenvalue weighted by Gasteiger charge is 2.05. The standard InChI is InChI=1S/C15H14O3/c1-12(16)17-11-13-7-5-6-10-15(13)18-14-8-3-2-4-9-14/h2-10H,11H2,1H3. The van der Waals surface area contributed by atoms with Gasteiger partial charge in [0.1, 0.15) is 18.1 Å². The summed E-state index contributed by atoms with van der Waals surface area (Å²) in [5, 5.41) is 0. The molecule has 2 rings (SSSR count). The highest BCUT2D eigenvalue weighted by Crippen LogP contribution is 2.25. The van der Waals surface area contributed by atoms with E-state index in [0.29, 0.717) is 5.75 Å². The Kier molecular flexibility index (Phi) is 3.97. The van der Waals surface area contributed by atoms with Crippen LogP contribution >= 0.6 is 0 Å². The normalized spacial score (nSPS) is 9.83. The Hall–Kier alpha value is -2.29. The summed E-state index contributed by atoms with van der Waals surface area (Å²) in [6, 6.07) is 17.0. The van der Waals surface area contributed by atoms with Crippen molar-refractivity contribution in [2.24, 2.45) is 0 Å². The minimum absolute atomic E-state index is 0.221.